The molecule has 0 saturated carbocycles. The quantitative estimate of drug-likeness (QED) is 0.815. The molecule has 4 nitrogen and oxygen atoms in total. The summed E-state index contributed by atoms with van der Waals surface area (Å²) >= 11 is 2.10. The maximum absolute atomic E-state index is 11.9. The Bertz CT molecular complexity index is 573. The summed E-state index contributed by atoms with van der Waals surface area (Å²) in [5, 5.41) is 12.4. The zero-order chi connectivity index (χ0) is 13.7. The molecule has 1 amide bonds. The van der Waals surface area contributed by atoms with Crippen LogP contribution in [0.1, 0.15) is 16.1 Å². The molecular weight excluding hydrogens is 355 g/mol. The minimum absolute atomic E-state index is 0.00393. The molecule has 2 N–H and O–H groups in total. The second-order valence-electron chi connectivity index (χ2n) is 3.99. The molecule has 0 fully saturated rings. The summed E-state index contributed by atoms with van der Waals surface area (Å²) in [7, 11) is 0. The van der Waals surface area contributed by atoms with Crippen LogP contribution in [-0.4, -0.2) is 22.5 Å². The number of phenolic OH excluding ortho intramolecular Hbond substituents is 1. The average Bonchev–Trinajstić information content (AvgIpc) is 2.42. The van der Waals surface area contributed by atoms with Crippen molar-refractivity contribution in [3.63, 3.8) is 0 Å². The van der Waals surface area contributed by atoms with Gasteiger partial charge in [-0.3, -0.25) is 9.78 Å². The first-order valence-electron chi connectivity index (χ1n) is 5.83. The Morgan fingerprint density at radius 1 is 1.32 bits per heavy atom. The molecule has 0 spiro atoms. The predicted molar refractivity (Wildman–Crippen MR) is 81.1 cm³/mol. The van der Waals surface area contributed by atoms with E-state index in [4.69, 9.17) is 0 Å². The van der Waals surface area contributed by atoms with Gasteiger partial charge in [-0.25, -0.2) is 0 Å². The summed E-state index contributed by atoms with van der Waals surface area (Å²) in [6.07, 6.45) is 2.39. The third-order valence-electron chi connectivity index (χ3n) is 2.60. The number of halogens is 1. The maximum Gasteiger partial charge on any atom is 0.255 e. The van der Waals surface area contributed by atoms with Gasteiger partial charge < -0.3 is 10.4 Å². The number of hydrogen-bond donors (Lipinski definition) is 2. The van der Waals surface area contributed by atoms with Crippen LogP contribution in [0.3, 0.4) is 0 Å². The van der Waals surface area contributed by atoms with Crippen molar-refractivity contribution in [1.82, 2.24) is 10.3 Å². The molecule has 2 rings (SSSR count). The molecular formula is C14H13IN2O2. The first kappa shape index (κ1) is 13.8. The summed E-state index contributed by atoms with van der Waals surface area (Å²) in [6.45, 7) is 0.487. The molecule has 0 atom stereocenters. The first-order chi connectivity index (χ1) is 9.16. The zero-order valence-electron chi connectivity index (χ0n) is 10.1. The molecule has 0 aliphatic heterocycles. The van der Waals surface area contributed by atoms with Gasteiger partial charge >= 0.3 is 0 Å². The molecule has 0 unspecified atom stereocenters. The monoisotopic (exact) mass is 368 g/mol. The lowest BCUT2D eigenvalue weighted by atomic mass is 10.2. The van der Waals surface area contributed by atoms with Gasteiger partial charge in [0.2, 0.25) is 0 Å². The van der Waals surface area contributed by atoms with Gasteiger partial charge in [0, 0.05) is 28.4 Å². The Labute approximate surface area is 125 Å². The van der Waals surface area contributed by atoms with E-state index in [-0.39, 0.29) is 11.7 Å². The van der Waals surface area contributed by atoms with Crippen molar-refractivity contribution in [3.8, 4) is 5.75 Å². The summed E-state index contributed by atoms with van der Waals surface area (Å²) in [5.41, 5.74) is 1.22. The third-order valence-corrected chi connectivity index (χ3v) is 3.27. The lowest BCUT2D eigenvalue weighted by Crippen LogP contribution is -2.26. The molecule has 0 aliphatic carbocycles. The van der Waals surface area contributed by atoms with E-state index >= 15 is 0 Å². The van der Waals surface area contributed by atoms with E-state index in [1.807, 2.05) is 18.2 Å². The van der Waals surface area contributed by atoms with E-state index in [0.29, 0.717) is 18.5 Å². The number of carbonyl (C=O) groups excluding carboxylic acids is 1. The first-order valence-corrected chi connectivity index (χ1v) is 6.91. The van der Waals surface area contributed by atoms with E-state index in [1.54, 1.807) is 18.3 Å². The molecule has 1 aromatic heterocycles. The molecule has 2 aromatic rings. The molecule has 19 heavy (non-hydrogen) atoms. The fourth-order valence-electron chi connectivity index (χ4n) is 1.64. The number of nitrogens with zero attached hydrogens (tertiary/aromatic N) is 1. The maximum atomic E-state index is 11.9. The Balaban J connectivity index is 1.93. The fraction of sp³-hybridized carbons (Fsp3) is 0.143. The summed E-state index contributed by atoms with van der Waals surface area (Å²) in [6, 6.07) is 10.6. The summed E-state index contributed by atoms with van der Waals surface area (Å²) in [4.78, 5) is 16.1. The average molecular weight is 368 g/mol. The third kappa shape index (κ3) is 3.92. The standard InChI is InChI=1S/C14H13IN2O2/c15-10-4-5-13(18)12(9-10)14(19)17-8-6-11-3-1-2-7-16-11/h1-5,7,9,18H,6,8H2,(H,17,19). The van der Waals surface area contributed by atoms with E-state index in [9.17, 15) is 9.90 Å². The normalized spacial score (nSPS) is 10.2. The molecule has 0 radical (unpaired) electrons. The number of carbonyl (C=O) groups is 1. The SMILES string of the molecule is O=C(NCCc1ccccn1)c1cc(I)ccc1O. The summed E-state index contributed by atoms with van der Waals surface area (Å²) in [5.74, 6) is -0.275. The highest BCUT2D eigenvalue weighted by atomic mass is 127. The number of amides is 1. The van der Waals surface area contributed by atoms with Crippen LogP contribution < -0.4 is 5.32 Å². The van der Waals surface area contributed by atoms with Gasteiger partial charge in [-0.2, -0.15) is 0 Å². The highest BCUT2D eigenvalue weighted by Gasteiger charge is 2.10. The van der Waals surface area contributed by atoms with Crippen LogP contribution in [0.15, 0.2) is 42.6 Å². The molecule has 1 heterocycles. The van der Waals surface area contributed by atoms with Gasteiger partial charge in [0.05, 0.1) is 5.56 Å². The van der Waals surface area contributed by atoms with E-state index in [0.717, 1.165) is 9.26 Å². The number of aromatic hydroxyl groups is 1. The van der Waals surface area contributed by atoms with Crippen molar-refractivity contribution in [2.24, 2.45) is 0 Å². The molecule has 0 saturated heterocycles. The van der Waals surface area contributed by atoms with Gasteiger partial charge in [0.1, 0.15) is 5.75 Å². The number of aromatic nitrogens is 1. The topological polar surface area (TPSA) is 62.2 Å². The minimum atomic E-state index is -0.271. The Morgan fingerprint density at radius 2 is 2.16 bits per heavy atom. The molecule has 1 aromatic carbocycles. The smallest absolute Gasteiger partial charge is 0.255 e. The van der Waals surface area contributed by atoms with Gasteiger partial charge in [0.25, 0.3) is 5.91 Å². The lowest BCUT2D eigenvalue weighted by Gasteiger charge is -2.07. The molecule has 98 valence electrons. The van der Waals surface area contributed by atoms with E-state index in [1.165, 1.54) is 6.07 Å². The number of pyridine rings is 1. The number of phenols is 1. The van der Waals surface area contributed by atoms with Gasteiger partial charge in [-0.1, -0.05) is 6.07 Å². The highest BCUT2D eigenvalue weighted by Crippen LogP contribution is 2.19. The van der Waals surface area contributed by atoms with Crippen LogP contribution in [-0.2, 0) is 6.42 Å². The van der Waals surface area contributed by atoms with Gasteiger partial charge in [0.15, 0.2) is 0 Å². The number of rotatable bonds is 4. The number of nitrogens with one attached hydrogen (secondary N) is 1. The fourth-order valence-corrected chi connectivity index (χ4v) is 2.13. The molecule has 0 aliphatic rings. The van der Waals surface area contributed by atoms with Crippen molar-refractivity contribution in [2.75, 3.05) is 6.54 Å². The van der Waals surface area contributed by atoms with Crippen molar-refractivity contribution in [2.45, 2.75) is 6.42 Å². The van der Waals surface area contributed by atoms with Crippen molar-refractivity contribution < 1.29 is 9.90 Å². The minimum Gasteiger partial charge on any atom is -0.507 e. The van der Waals surface area contributed by atoms with Crippen LogP contribution in [0.25, 0.3) is 0 Å². The van der Waals surface area contributed by atoms with Crippen molar-refractivity contribution in [1.29, 1.82) is 0 Å². The van der Waals surface area contributed by atoms with E-state index < -0.39 is 0 Å². The van der Waals surface area contributed by atoms with Gasteiger partial charge in [-0.15, -0.1) is 0 Å². The Morgan fingerprint density at radius 3 is 2.89 bits per heavy atom. The molecule has 5 heteroatoms. The van der Waals surface area contributed by atoms with Gasteiger partial charge in [-0.05, 0) is 52.9 Å². The van der Waals surface area contributed by atoms with Crippen molar-refractivity contribution >= 4 is 28.5 Å². The van der Waals surface area contributed by atoms with Crippen LogP contribution in [0.2, 0.25) is 0 Å². The van der Waals surface area contributed by atoms with Crippen LogP contribution in [0.5, 0.6) is 5.75 Å². The Hall–Kier alpha value is -1.63. The largest absolute Gasteiger partial charge is 0.507 e. The van der Waals surface area contributed by atoms with Crippen LogP contribution >= 0.6 is 22.6 Å². The number of benzene rings is 1. The van der Waals surface area contributed by atoms with E-state index in [2.05, 4.69) is 32.9 Å². The molecule has 0 bridgehead atoms. The number of hydrogen-bond acceptors (Lipinski definition) is 3. The second-order valence-corrected chi connectivity index (χ2v) is 5.23. The highest BCUT2D eigenvalue weighted by molar-refractivity contribution is 14.1. The zero-order valence-corrected chi connectivity index (χ0v) is 12.3. The van der Waals surface area contributed by atoms with Crippen molar-refractivity contribution in [3.05, 3.63) is 57.4 Å². The summed E-state index contributed by atoms with van der Waals surface area (Å²) < 4.78 is 0.908. The van der Waals surface area contributed by atoms with Crippen LogP contribution in [0.4, 0.5) is 0 Å². The lowest BCUT2D eigenvalue weighted by molar-refractivity contribution is 0.0951. The predicted octanol–water partition coefficient (Wildman–Crippen LogP) is 2.36. The Kier molecular flexibility index (Phi) is 4.73. The second kappa shape index (κ2) is 6.51. The van der Waals surface area contributed by atoms with Crippen LogP contribution in [0, 0.1) is 3.57 Å².